The van der Waals surface area contributed by atoms with Crippen molar-refractivity contribution in [1.29, 1.82) is 0 Å². The van der Waals surface area contributed by atoms with Crippen molar-refractivity contribution in [2.24, 2.45) is 5.92 Å². The van der Waals surface area contributed by atoms with E-state index in [1.807, 2.05) is 0 Å². The van der Waals surface area contributed by atoms with E-state index in [0.717, 1.165) is 52.2 Å². The molecule has 0 aliphatic carbocycles. The van der Waals surface area contributed by atoms with Gasteiger partial charge in [0.2, 0.25) is 0 Å². The van der Waals surface area contributed by atoms with Crippen molar-refractivity contribution < 1.29 is 14.2 Å². The maximum absolute atomic E-state index is 5.92. The minimum Gasteiger partial charge on any atom is -0.384 e. The van der Waals surface area contributed by atoms with E-state index in [-0.39, 0.29) is 5.60 Å². The Kier molecular flexibility index (Phi) is 4.79. The molecule has 2 heterocycles. The summed E-state index contributed by atoms with van der Waals surface area (Å²) in [4.78, 5) is 0. The van der Waals surface area contributed by atoms with Gasteiger partial charge in [0.05, 0.1) is 12.2 Å². The van der Waals surface area contributed by atoms with Crippen LogP contribution in [0, 0.1) is 5.92 Å². The molecule has 100 valence electrons. The predicted molar refractivity (Wildman–Crippen MR) is 66.2 cm³/mol. The number of nitrogens with one attached hydrogen (secondary N) is 1. The Balaban J connectivity index is 1.74. The molecule has 0 saturated carbocycles. The molecule has 0 bridgehead atoms. The summed E-state index contributed by atoms with van der Waals surface area (Å²) < 4.78 is 16.6. The third-order valence-electron chi connectivity index (χ3n) is 3.77. The van der Waals surface area contributed by atoms with Crippen LogP contribution in [-0.4, -0.2) is 51.7 Å². The van der Waals surface area contributed by atoms with Crippen LogP contribution in [0.15, 0.2) is 0 Å². The van der Waals surface area contributed by atoms with Gasteiger partial charge in [-0.05, 0) is 18.8 Å². The van der Waals surface area contributed by atoms with Crippen molar-refractivity contribution in [3.63, 3.8) is 0 Å². The summed E-state index contributed by atoms with van der Waals surface area (Å²) in [5, 5.41) is 3.64. The van der Waals surface area contributed by atoms with Gasteiger partial charge < -0.3 is 19.5 Å². The lowest BCUT2D eigenvalue weighted by molar-refractivity contribution is -0.0896. The predicted octanol–water partition coefficient (Wildman–Crippen LogP) is 1.20. The second-order valence-corrected chi connectivity index (χ2v) is 5.49. The minimum atomic E-state index is 0.0143. The number of rotatable bonds is 5. The lowest BCUT2D eigenvalue weighted by atomic mass is 9.89. The fourth-order valence-electron chi connectivity index (χ4n) is 2.78. The first kappa shape index (κ1) is 13.3. The molecule has 2 aliphatic rings. The zero-order chi connectivity index (χ0) is 12.1. The first-order valence-electron chi connectivity index (χ1n) is 6.68. The molecule has 0 radical (unpaired) electrons. The van der Waals surface area contributed by atoms with Crippen molar-refractivity contribution in [2.75, 3.05) is 40.1 Å². The number of hydrogen-bond donors (Lipinski definition) is 1. The molecular formula is C13H25NO3. The maximum atomic E-state index is 5.92. The van der Waals surface area contributed by atoms with E-state index in [0.29, 0.717) is 12.0 Å². The molecule has 1 N–H and O–H groups in total. The molecule has 0 aromatic rings. The average Bonchev–Trinajstić information content (AvgIpc) is 2.75. The van der Waals surface area contributed by atoms with Gasteiger partial charge in [-0.3, -0.25) is 0 Å². The van der Waals surface area contributed by atoms with Gasteiger partial charge in [-0.25, -0.2) is 0 Å². The Morgan fingerprint density at radius 1 is 1.47 bits per heavy atom. The summed E-state index contributed by atoms with van der Waals surface area (Å²) >= 11 is 0. The van der Waals surface area contributed by atoms with Gasteiger partial charge in [0, 0.05) is 45.9 Å². The topological polar surface area (TPSA) is 39.7 Å². The standard InChI is InChI=1S/C13H25NO3/c1-11(9-15-2)8-14-12-3-5-17-13(7-12)4-6-16-10-13/h11-12,14H,3-10H2,1-2H3. The quantitative estimate of drug-likeness (QED) is 0.787. The highest BCUT2D eigenvalue weighted by Gasteiger charge is 2.40. The van der Waals surface area contributed by atoms with Gasteiger partial charge >= 0.3 is 0 Å². The molecule has 0 aromatic carbocycles. The molecule has 2 aliphatic heterocycles. The van der Waals surface area contributed by atoms with E-state index >= 15 is 0 Å². The van der Waals surface area contributed by atoms with E-state index in [2.05, 4.69) is 12.2 Å². The van der Waals surface area contributed by atoms with Crippen molar-refractivity contribution in [3.8, 4) is 0 Å². The van der Waals surface area contributed by atoms with E-state index in [4.69, 9.17) is 14.2 Å². The Morgan fingerprint density at radius 3 is 3.06 bits per heavy atom. The summed E-state index contributed by atoms with van der Waals surface area (Å²) in [6, 6.07) is 0.574. The molecule has 3 atom stereocenters. The lowest BCUT2D eigenvalue weighted by Gasteiger charge is -2.37. The van der Waals surface area contributed by atoms with Crippen LogP contribution in [0.5, 0.6) is 0 Å². The van der Waals surface area contributed by atoms with Crippen molar-refractivity contribution in [2.45, 2.75) is 37.8 Å². The first-order chi connectivity index (χ1) is 8.24. The second-order valence-electron chi connectivity index (χ2n) is 5.49. The Hall–Kier alpha value is -0.160. The van der Waals surface area contributed by atoms with Gasteiger partial charge in [-0.1, -0.05) is 6.92 Å². The lowest BCUT2D eigenvalue weighted by Crippen LogP contribution is -2.48. The molecule has 4 nitrogen and oxygen atoms in total. The van der Waals surface area contributed by atoms with Gasteiger partial charge in [0.15, 0.2) is 0 Å². The third-order valence-corrected chi connectivity index (χ3v) is 3.77. The molecular weight excluding hydrogens is 218 g/mol. The van der Waals surface area contributed by atoms with Crippen LogP contribution in [-0.2, 0) is 14.2 Å². The Bertz CT molecular complexity index is 229. The summed E-state index contributed by atoms with van der Waals surface area (Å²) in [5.41, 5.74) is 0.0143. The van der Waals surface area contributed by atoms with Gasteiger partial charge in [-0.2, -0.15) is 0 Å². The second kappa shape index (κ2) is 6.14. The van der Waals surface area contributed by atoms with E-state index in [1.54, 1.807) is 7.11 Å². The van der Waals surface area contributed by atoms with Crippen LogP contribution in [0.25, 0.3) is 0 Å². The van der Waals surface area contributed by atoms with Crippen LogP contribution in [0.2, 0.25) is 0 Å². The van der Waals surface area contributed by atoms with E-state index < -0.39 is 0 Å². The molecule has 3 unspecified atom stereocenters. The SMILES string of the molecule is COCC(C)CNC1CCOC2(CCOC2)C1. The van der Waals surface area contributed by atoms with Crippen molar-refractivity contribution >= 4 is 0 Å². The Morgan fingerprint density at radius 2 is 2.35 bits per heavy atom. The van der Waals surface area contributed by atoms with Gasteiger partial charge in [0.25, 0.3) is 0 Å². The Labute approximate surface area is 104 Å². The highest BCUT2D eigenvalue weighted by Crippen LogP contribution is 2.32. The van der Waals surface area contributed by atoms with Crippen LogP contribution in [0.4, 0.5) is 0 Å². The van der Waals surface area contributed by atoms with E-state index in [9.17, 15) is 0 Å². The highest BCUT2D eigenvalue weighted by molar-refractivity contribution is 4.92. The van der Waals surface area contributed by atoms with Gasteiger partial charge in [0.1, 0.15) is 0 Å². The fourth-order valence-corrected chi connectivity index (χ4v) is 2.78. The number of ether oxygens (including phenoxy) is 3. The molecule has 17 heavy (non-hydrogen) atoms. The largest absolute Gasteiger partial charge is 0.384 e. The monoisotopic (exact) mass is 243 g/mol. The van der Waals surface area contributed by atoms with Crippen LogP contribution in [0.1, 0.15) is 26.2 Å². The van der Waals surface area contributed by atoms with Crippen LogP contribution < -0.4 is 5.32 Å². The zero-order valence-electron chi connectivity index (χ0n) is 11.0. The third kappa shape index (κ3) is 3.65. The summed E-state index contributed by atoms with van der Waals surface area (Å²) in [7, 11) is 1.76. The molecule has 4 heteroatoms. The number of hydrogen-bond acceptors (Lipinski definition) is 4. The highest BCUT2D eigenvalue weighted by atomic mass is 16.6. The molecule has 2 rings (SSSR count). The zero-order valence-corrected chi connectivity index (χ0v) is 11.0. The van der Waals surface area contributed by atoms with Crippen molar-refractivity contribution in [1.82, 2.24) is 5.32 Å². The summed E-state index contributed by atoms with van der Waals surface area (Å²) in [6.45, 7) is 6.55. The molecule has 0 amide bonds. The molecule has 0 aromatic heterocycles. The molecule has 2 saturated heterocycles. The van der Waals surface area contributed by atoms with Crippen LogP contribution >= 0.6 is 0 Å². The van der Waals surface area contributed by atoms with Gasteiger partial charge in [-0.15, -0.1) is 0 Å². The normalized spacial score (nSPS) is 35.3. The average molecular weight is 243 g/mol. The number of methoxy groups -OCH3 is 1. The molecule has 1 spiro atoms. The minimum absolute atomic E-state index is 0.0143. The maximum Gasteiger partial charge on any atom is 0.0951 e. The first-order valence-corrected chi connectivity index (χ1v) is 6.68. The summed E-state index contributed by atoms with van der Waals surface area (Å²) in [6.07, 6.45) is 3.26. The summed E-state index contributed by atoms with van der Waals surface area (Å²) in [5.74, 6) is 0.568. The molecule has 2 fully saturated rings. The fraction of sp³-hybridized carbons (Fsp3) is 1.00. The van der Waals surface area contributed by atoms with Crippen LogP contribution in [0.3, 0.4) is 0 Å². The van der Waals surface area contributed by atoms with E-state index in [1.165, 1.54) is 0 Å². The smallest absolute Gasteiger partial charge is 0.0951 e. The van der Waals surface area contributed by atoms with Crippen molar-refractivity contribution in [3.05, 3.63) is 0 Å².